The van der Waals surface area contributed by atoms with Crippen molar-refractivity contribution < 1.29 is 13.2 Å². The van der Waals surface area contributed by atoms with Gasteiger partial charge in [-0.25, -0.2) is 18.4 Å². The molecule has 1 fully saturated rings. The lowest BCUT2D eigenvalue weighted by atomic mass is 10.1. The SMILES string of the molecule is Nc1ncnc2c(CN3CCN(S(=O)(=O)c4cc5ccc(Cl)cc5s4)CC3C=O)csc12. The van der Waals surface area contributed by atoms with Crippen molar-refractivity contribution in [2.24, 2.45) is 0 Å². The maximum absolute atomic E-state index is 13.3. The molecule has 0 radical (unpaired) electrons. The van der Waals surface area contributed by atoms with E-state index in [4.69, 9.17) is 17.3 Å². The van der Waals surface area contributed by atoms with E-state index in [2.05, 4.69) is 9.97 Å². The van der Waals surface area contributed by atoms with Crippen molar-refractivity contribution in [2.45, 2.75) is 16.8 Å². The third kappa shape index (κ3) is 3.78. The van der Waals surface area contributed by atoms with Gasteiger partial charge in [-0.2, -0.15) is 4.31 Å². The average Bonchev–Trinajstić information content (AvgIpc) is 3.39. The Morgan fingerprint density at radius 3 is 2.91 bits per heavy atom. The predicted octanol–water partition coefficient (Wildman–Crippen LogP) is 3.22. The first kappa shape index (κ1) is 21.7. The molecule has 3 aromatic heterocycles. The summed E-state index contributed by atoms with van der Waals surface area (Å²) >= 11 is 8.69. The molecule has 1 aliphatic heterocycles. The first-order chi connectivity index (χ1) is 15.4. The van der Waals surface area contributed by atoms with Crippen molar-refractivity contribution >= 4 is 76.7 Å². The van der Waals surface area contributed by atoms with Gasteiger partial charge in [-0.1, -0.05) is 17.7 Å². The first-order valence-corrected chi connectivity index (χ1v) is 13.2. The lowest BCUT2D eigenvalue weighted by Crippen LogP contribution is -2.54. The maximum atomic E-state index is 13.3. The molecule has 4 aromatic rings. The zero-order chi connectivity index (χ0) is 22.5. The van der Waals surface area contributed by atoms with Crippen LogP contribution in [0.5, 0.6) is 0 Å². The molecule has 5 rings (SSSR count). The second kappa shape index (κ2) is 8.32. The summed E-state index contributed by atoms with van der Waals surface area (Å²) in [5.74, 6) is 0.429. The zero-order valence-electron chi connectivity index (χ0n) is 16.6. The Balaban J connectivity index is 1.37. The van der Waals surface area contributed by atoms with Crippen LogP contribution in [0.3, 0.4) is 0 Å². The molecule has 0 amide bonds. The van der Waals surface area contributed by atoms with E-state index in [-0.39, 0.29) is 10.8 Å². The van der Waals surface area contributed by atoms with E-state index in [9.17, 15) is 13.2 Å². The number of hydrogen-bond acceptors (Lipinski definition) is 9. The number of carbonyl (C=O) groups excluding carboxylic acids is 1. The monoisotopic (exact) mass is 507 g/mol. The van der Waals surface area contributed by atoms with E-state index in [1.54, 1.807) is 24.3 Å². The van der Waals surface area contributed by atoms with Gasteiger partial charge in [-0.05, 0) is 29.0 Å². The Kier molecular flexibility index (Phi) is 5.64. The molecule has 0 bridgehead atoms. The molecule has 0 saturated carbocycles. The molecule has 1 aliphatic rings. The Bertz CT molecular complexity index is 1440. The number of carbonyl (C=O) groups is 1. The van der Waals surface area contributed by atoms with Gasteiger partial charge in [-0.15, -0.1) is 22.7 Å². The van der Waals surface area contributed by atoms with Gasteiger partial charge in [0.05, 0.1) is 16.3 Å². The maximum Gasteiger partial charge on any atom is 0.252 e. The molecule has 1 atom stereocenters. The lowest BCUT2D eigenvalue weighted by molar-refractivity contribution is -0.114. The molecule has 166 valence electrons. The van der Waals surface area contributed by atoms with Crippen molar-refractivity contribution in [1.29, 1.82) is 0 Å². The highest BCUT2D eigenvalue weighted by molar-refractivity contribution is 7.91. The fourth-order valence-corrected chi connectivity index (χ4v) is 8.04. The van der Waals surface area contributed by atoms with E-state index >= 15 is 0 Å². The summed E-state index contributed by atoms with van der Waals surface area (Å²) in [5.41, 5.74) is 7.64. The third-order valence-corrected chi connectivity index (χ3v) is 10.2. The Morgan fingerprint density at radius 2 is 2.09 bits per heavy atom. The van der Waals surface area contributed by atoms with Gasteiger partial charge < -0.3 is 10.5 Å². The van der Waals surface area contributed by atoms with Crippen LogP contribution in [0.4, 0.5) is 5.82 Å². The smallest absolute Gasteiger partial charge is 0.252 e. The minimum atomic E-state index is -3.72. The molecular formula is C20H18ClN5O3S3. The van der Waals surface area contributed by atoms with E-state index in [1.807, 2.05) is 10.3 Å². The number of aromatic nitrogens is 2. The lowest BCUT2D eigenvalue weighted by Gasteiger charge is -2.37. The number of thiophene rings is 2. The van der Waals surface area contributed by atoms with Gasteiger partial charge in [0.25, 0.3) is 10.0 Å². The van der Waals surface area contributed by atoms with Crippen LogP contribution in [0.15, 0.2) is 40.2 Å². The van der Waals surface area contributed by atoms with Gasteiger partial charge >= 0.3 is 0 Å². The van der Waals surface area contributed by atoms with Crippen molar-refractivity contribution in [3.63, 3.8) is 0 Å². The highest BCUT2D eigenvalue weighted by atomic mass is 35.5. The number of nitrogen functional groups attached to an aromatic ring is 1. The number of anilines is 1. The van der Waals surface area contributed by atoms with Crippen LogP contribution in [0, 0.1) is 0 Å². The number of benzene rings is 1. The number of fused-ring (bicyclic) bond motifs is 2. The van der Waals surface area contributed by atoms with Crippen LogP contribution in [-0.4, -0.2) is 59.6 Å². The van der Waals surface area contributed by atoms with E-state index < -0.39 is 16.1 Å². The molecule has 1 unspecified atom stereocenters. The first-order valence-electron chi connectivity index (χ1n) is 9.72. The van der Waals surface area contributed by atoms with Gasteiger partial charge in [0.1, 0.15) is 22.6 Å². The molecule has 1 saturated heterocycles. The third-order valence-electron chi connectivity index (χ3n) is 5.54. The summed E-state index contributed by atoms with van der Waals surface area (Å²) in [5, 5.41) is 3.35. The number of nitrogens with two attached hydrogens (primary N) is 1. The van der Waals surface area contributed by atoms with Crippen LogP contribution in [0.2, 0.25) is 5.02 Å². The number of aldehydes is 1. The normalized spacial score (nSPS) is 18.5. The minimum absolute atomic E-state index is 0.0972. The van der Waals surface area contributed by atoms with E-state index in [1.165, 1.54) is 33.3 Å². The molecule has 12 heteroatoms. The number of halogens is 1. The van der Waals surface area contributed by atoms with Crippen LogP contribution in [-0.2, 0) is 21.4 Å². The molecule has 2 N–H and O–H groups in total. The van der Waals surface area contributed by atoms with Gasteiger partial charge in [-0.3, -0.25) is 4.90 Å². The van der Waals surface area contributed by atoms with Crippen LogP contribution < -0.4 is 5.73 Å². The van der Waals surface area contributed by atoms with Crippen LogP contribution in [0.1, 0.15) is 5.56 Å². The number of rotatable bonds is 5. The fourth-order valence-electron chi connectivity index (χ4n) is 3.85. The zero-order valence-corrected chi connectivity index (χ0v) is 19.8. The van der Waals surface area contributed by atoms with Crippen LogP contribution >= 0.6 is 34.3 Å². The summed E-state index contributed by atoms with van der Waals surface area (Å²) in [7, 11) is -3.72. The molecule has 0 aliphatic carbocycles. The van der Waals surface area contributed by atoms with Crippen molar-refractivity contribution in [1.82, 2.24) is 19.2 Å². The number of piperazine rings is 1. The summed E-state index contributed by atoms with van der Waals surface area (Å²) in [4.78, 5) is 22.2. The van der Waals surface area contributed by atoms with Crippen molar-refractivity contribution in [3.05, 3.63) is 46.6 Å². The molecule has 4 heterocycles. The van der Waals surface area contributed by atoms with Gasteiger partial charge in [0, 0.05) is 41.5 Å². The standard InChI is InChI=1S/C20H18ClN5O3S3/c21-14-2-1-12-5-17(31-16(12)6-14)32(28,29)26-4-3-25(15(8-26)9-27)7-13-10-30-19-18(13)23-11-24-20(19)22/h1-2,5-6,9-11,15H,3-4,7-8H2,(H2,22,23,24). The number of nitrogens with zero attached hydrogens (tertiary/aromatic N) is 4. The quantitative estimate of drug-likeness (QED) is 0.413. The molecule has 1 aromatic carbocycles. The Morgan fingerprint density at radius 1 is 1.25 bits per heavy atom. The minimum Gasteiger partial charge on any atom is -0.382 e. The highest BCUT2D eigenvalue weighted by Gasteiger charge is 2.35. The average molecular weight is 508 g/mol. The van der Waals surface area contributed by atoms with Crippen LogP contribution in [0.25, 0.3) is 20.3 Å². The van der Waals surface area contributed by atoms with Crippen molar-refractivity contribution in [2.75, 3.05) is 25.4 Å². The molecule has 32 heavy (non-hydrogen) atoms. The fraction of sp³-hybridized carbons (Fsp3) is 0.250. The number of hydrogen-bond donors (Lipinski definition) is 1. The van der Waals surface area contributed by atoms with Crippen molar-refractivity contribution in [3.8, 4) is 0 Å². The molecule has 8 nitrogen and oxygen atoms in total. The predicted molar refractivity (Wildman–Crippen MR) is 128 cm³/mol. The molecular weight excluding hydrogens is 490 g/mol. The topological polar surface area (TPSA) is 109 Å². The number of sulfonamides is 1. The Labute approximate surface area is 197 Å². The Hall–Kier alpha value is -2.15. The summed E-state index contributed by atoms with van der Waals surface area (Å²) in [6, 6.07) is 6.40. The second-order valence-electron chi connectivity index (χ2n) is 7.48. The largest absolute Gasteiger partial charge is 0.382 e. The molecule has 0 spiro atoms. The van der Waals surface area contributed by atoms with E-state index in [0.29, 0.717) is 30.5 Å². The van der Waals surface area contributed by atoms with Gasteiger partial charge in [0.15, 0.2) is 0 Å². The van der Waals surface area contributed by atoms with E-state index in [0.717, 1.165) is 32.2 Å². The highest BCUT2D eigenvalue weighted by Crippen LogP contribution is 2.34. The summed E-state index contributed by atoms with van der Waals surface area (Å²) in [6.45, 7) is 1.30. The second-order valence-corrected chi connectivity index (χ2v) is 12.0. The summed E-state index contributed by atoms with van der Waals surface area (Å²) < 4.78 is 29.8. The summed E-state index contributed by atoms with van der Waals surface area (Å²) in [6.07, 6.45) is 2.23. The van der Waals surface area contributed by atoms with Gasteiger partial charge in [0.2, 0.25) is 0 Å².